The summed E-state index contributed by atoms with van der Waals surface area (Å²) < 4.78 is 5.36. The summed E-state index contributed by atoms with van der Waals surface area (Å²) in [7, 11) is 1.61. The molecule has 2 bridgehead atoms. The molecule has 2 rings (SSSR count). The van der Waals surface area contributed by atoms with E-state index in [0.717, 1.165) is 0 Å². The second kappa shape index (κ2) is 3.49. The first-order valence-corrected chi connectivity index (χ1v) is 4.22. The highest BCUT2D eigenvalue weighted by molar-refractivity contribution is 4.83. The van der Waals surface area contributed by atoms with Crippen molar-refractivity contribution in [1.82, 2.24) is 5.06 Å². The van der Waals surface area contributed by atoms with Gasteiger partial charge in [0.25, 0.3) is 0 Å². The average molecular weight is 191 g/mol. The molecule has 0 radical (unpaired) electrons. The van der Waals surface area contributed by atoms with Gasteiger partial charge in [0.05, 0.1) is 12.2 Å². The Labute approximate surface area is 75.5 Å². The summed E-state index contributed by atoms with van der Waals surface area (Å²) in [6.45, 7) is 0.175. The lowest BCUT2D eigenvalue weighted by Crippen LogP contribution is -2.52. The molecule has 2 aliphatic heterocycles. The summed E-state index contributed by atoms with van der Waals surface area (Å²) in [6, 6.07) is 0. The molecule has 2 heterocycles. The van der Waals surface area contributed by atoms with Crippen molar-refractivity contribution in [3.05, 3.63) is 0 Å². The number of rotatable bonds is 0. The van der Waals surface area contributed by atoms with Crippen LogP contribution in [0.4, 0.5) is 0 Å². The molecule has 76 valence electrons. The summed E-state index contributed by atoms with van der Waals surface area (Å²) in [5.74, 6) is 0. The topological polar surface area (TPSA) is 71.4 Å². The van der Waals surface area contributed by atoms with E-state index in [4.69, 9.17) is 14.6 Å². The third kappa shape index (κ3) is 1.69. The van der Waals surface area contributed by atoms with Crippen LogP contribution in [0.5, 0.6) is 0 Å². The molecule has 2 aliphatic rings. The van der Waals surface area contributed by atoms with Crippen LogP contribution in [0.3, 0.4) is 0 Å². The van der Waals surface area contributed by atoms with Gasteiger partial charge in [0.1, 0.15) is 12.7 Å². The Hall–Kier alpha value is -0.240. The number of hydrogen-bond acceptors (Lipinski definition) is 6. The third-order valence-electron chi connectivity index (χ3n) is 2.32. The van der Waals surface area contributed by atoms with Gasteiger partial charge in [0.2, 0.25) is 0 Å². The van der Waals surface area contributed by atoms with E-state index in [1.54, 1.807) is 7.05 Å². The van der Waals surface area contributed by atoms with E-state index in [1.165, 1.54) is 5.06 Å². The predicted octanol–water partition coefficient (Wildman–Crippen LogP) is -1.37. The first-order chi connectivity index (χ1) is 6.18. The van der Waals surface area contributed by atoms with Crippen LogP contribution in [0.2, 0.25) is 0 Å². The lowest BCUT2D eigenvalue weighted by molar-refractivity contribution is -0.432. The molecule has 0 aliphatic carbocycles. The molecule has 0 aromatic heterocycles. The zero-order valence-corrected chi connectivity index (χ0v) is 7.29. The lowest BCUT2D eigenvalue weighted by Gasteiger charge is -2.36. The van der Waals surface area contributed by atoms with Crippen molar-refractivity contribution < 1.29 is 24.8 Å². The monoisotopic (exact) mass is 191 g/mol. The molecule has 6 nitrogen and oxygen atoms in total. The van der Waals surface area contributed by atoms with Crippen LogP contribution in [0.15, 0.2) is 0 Å². The fourth-order valence-electron chi connectivity index (χ4n) is 1.58. The van der Waals surface area contributed by atoms with Crippen LogP contribution in [0.25, 0.3) is 0 Å². The number of hydrogen-bond donors (Lipinski definition) is 2. The zero-order chi connectivity index (χ0) is 9.42. The summed E-state index contributed by atoms with van der Waals surface area (Å²) in [5, 5.41) is 20.3. The van der Waals surface area contributed by atoms with Gasteiger partial charge in [0.15, 0.2) is 6.23 Å². The van der Waals surface area contributed by atoms with Crippen molar-refractivity contribution in [2.45, 2.75) is 31.0 Å². The highest BCUT2D eigenvalue weighted by Crippen LogP contribution is 2.25. The van der Waals surface area contributed by atoms with E-state index in [1.807, 2.05) is 0 Å². The van der Waals surface area contributed by atoms with Crippen molar-refractivity contribution in [2.24, 2.45) is 0 Å². The van der Waals surface area contributed by atoms with Gasteiger partial charge in [-0.15, -0.1) is 10.1 Å². The summed E-state index contributed by atoms with van der Waals surface area (Å²) in [6.07, 6.45) is -2.14. The van der Waals surface area contributed by atoms with E-state index < -0.39 is 24.5 Å². The summed E-state index contributed by atoms with van der Waals surface area (Å²) >= 11 is 0. The average Bonchev–Trinajstić information content (AvgIpc) is 2.23. The molecule has 13 heavy (non-hydrogen) atoms. The van der Waals surface area contributed by atoms with E-state index >= 15 is 0 Å². The molecule has 0 amide bonds. The number of ether oxygens (including phenoxy) is 1. The minimum Gasteiger partial charge on any atom is -0.390 e. The Morgan fingerprint density at radius 3 is 2.85 bits per heavy atom. The highest BCUT2D eigenvalue weighted by atomic mass is 17.3. The van der Waals surface area contributed by atoms with Gasteiger partial charge in [-0.3, -0.25) is 0 Å². The minimum atomic E-state index is -0.752. The molecule has 6 heteroatoms. The lowest BCUT2D eigenvalue weighted by atomic mass is 10.0. The van der Waals surface area contributed by atoms with Crippen LogP contribution in [-0.4, -0.2) is 53.5 Å². The molecule has 0 saturated carbocycles. The Bertz CT molecular complexity index is 190. The maximum Gasteiger partial charge on any atom is 0.162 e. The van der Waals surface area contributed by atoms with Crippen LogP contribution < -0.4 is 0 Å². The highest BCUT2D eigenvalue weighted by Gasteiger charge is 2.41. The van der Waals surface area contributed by atoms with Crippen LogP contribution in [-0.2, 0) is 14.6 Å². The standard InChI is InChI=1S/C7H13NO5/c1-8-7-5(10)2-4(9)6(12-7)3-11-13-8/h4-7,9-10H,2-3H2,1H3/t4-,5?,6?,7+/m0/s1. The van der Waals surface area contributed by atoms with Gasteiger partial charge in [-0.05, 0) is 0 Å². The molecule has 2 saturated heterocycles. The largest absolute Gasteiger partial charge is 0.390 e. The molecule has 0 aromatic carbocycles. The van der Waals surface area contributed by atoms with E-state index in [2.05, 4.69) is 0 Å². The van der Waals surface area contributed by atoms with Crippen molar-refractivity contribution in [3.63, 3.8) is 0 Å². The first kappa shape index (κ1) is 9.32. The van der Waals surface area contributed by atoms with Gasteiger partial charge in [-0.1, -0.05) is 0 Å². The fourth-order valence-corrected chi connectivity index (χ4v) is 1.58. The Morgan fingerprint density at radius 2 is 2.08 bits per heavy atom. The molecule has 0 aromatic rings. The molecule has 4 atom stereocenters. The molecule has 2 fully saturated rings. The normalized spacial score (nSPS) is 47.3. The smallest absolute Gasteiger partial charge is 0.162 e. The summed E-state index contributed by atoms with van der Waals surface area (Å²) in [4.78, 5) is 9.54. The second-order valence-electron chi connectivity index (χ2n) is 3.34. The van der Waals surface area contributed by atoms with Crippen molar-refractivity contribution in [1.29, 1.82) is 0 Å². The number of nitrogens with zero attached hydrogens (tertiary/aromatic N) is 1. The number of aliphatic hydroxyl groups is 2. The van der Waals surface area contributed by atoms with Crippen molar-refractivity contribution in [2.75, 3.05) is 13.7 Å². The van der Waals surface area contributed by atoms with Gasteiger partial charge in [-0.2, -0.15) is 0 Å². The maximum absolute atomic E-state index is 9.52. The number of hydroxylamine groups is 2. The Morgan fingerprint density at radius 1 is 1.31 bits per heavy atom. The van der Waals surface area contributed by atoms with Gasteiger partial charge >= 0.3 is 0 Å². The first-order valence-electron chi connectivity index (χ1n) is 4.22. The number of likely N-dealkylation sites (N-methyl/N-ethyl adjacent to an activating group) is 1. The quantitative estimate of drug-likeness (QED) is 0.460. The molecule has 0 spiro atoms. The SMILES string of the molecule is CN1OOCC2O[C@@H]1C(O)C[C@@H]2O. The van der Waals surface area contributed by atoms with Crippen molar-refractivity contribution >= 4 is 0 Å². The van der Waals surface area contributed by atoms with Crippen molar-refractivity contribution in [3.8, 4) is 0 Å². The number of fused-ring (bicyclic) bond motifs is 2. The van der Waals surface area contributed by atoms with Crippen LogP contribution in [0, 0.1) is 0 Å². The molecular formula is C7H13NO5. The summed E-state index contributed by atoms with van der Waals surface area (Å²) in [5.41, 5.74) is 0. The van der Waals surface area contributed by atoms with Gasteiger partial charge in [-0.25, -0.2) is 4.89 Å². The van der Waals surface area contributed by atoms with Gasteiger partial charge in [0, 0.05) is 13.5 Å². The second-order valence-corrected chi connectivity index (χ2v) is 3.34. The Balaban J connectivity index is 2.11. The molecular weight excluding hydrogens is 178 g/mol. The number of aliphatic hydroxyl groups excluding tert-OH is 2. The fraction of sp³-hybridized carbons (Fsp3) is 1.00. The maximum atomic E-state index is 9.52. The molecule has 2 N–H and O–H groups in total. The van der Waals surface area contributed by atoms with Crippen LogP contribution >= 0.6 is 0 Å². The van der Waals surface area contributed by atoms with E-state index in [0.29, 0.717) is 0 Å². The van der Waals surface area contributed by atoms with E-state index in [-0.39, 0.29) is 13.0 Å². The Kier molecular flexibility index (Phi) is 2.50. The minimum absolute atomic E-state index is 0.175. The molecule has 2 unspecified atom stereocenters. The van der Waals surface area contributed by atoms with Crippen LogP contribution in [0.1, 0.15) is 6.42 Å². The van der Waals surface area contributed by atoms with E-state index in [9.17, 15) is 10.2 Å². The third-order valence-corrected chi connectivity index (χ3v) is 2.32. The van der Waals surface area contributed by atoms with Gasteiger partial charge < -0.3 is 14.9 Å². The predicted molar refractivity (Wildman–Crippen MR) is 40.1 cm³/mol. The zero-order valence-electron chi connectivity index (χ0n) is 7.29.